The molecule has 0 spiro atoms. The van der Waals surface area contributed by atoms with Crippen molar-refractivity contribution in [2.24, 2.45) is 4.99 Å². The van der Waals surface area contributed by atoms with Gasteiger partial charge in [0, 0.05) is 13.1 Å². The molecule has 0 amide bonds. The predicted octanol–water partition coefficient (Wildman–Crippen LogP) is 0.688. The van der Waals surface area contributed by atoms with Crippen molar-refractivity contribution in [1.82, 2.24) is 4.90 Å². The topological polar surface area (TPSA) is 15.6 Å². The number of rotatable bonds is 2. The van der Waals surface area contributed by atoms with Gasteiger partial charge in [-0.05, 0) is 6.92 Å². The van der Waals surface area contributed by atoms with Gasteiger partial charge in [0.05, 0.1) is 12.4 Å². The van der Waals surface area contributed by atoms with Crippen LogP contribution in [0.1, 0.15) is 6.92 Å². The lowest BCUT2D eigenvalue weighted by molar-refractivity contribution is 0.368. The molecule has 0 N–H and O–H groups in total. The van der Waals surface area contributed by atoms with Crippen LogP contribution >= 0.6 is 0 Å². The van der Waals surface area contributed by atoms with Crippen LogP contribution in [-0.4, -0.2) is 37.0 Å². The summed E-state index contributed by atoms with van der Waals surface area (Å²) in [6.07, 6.45) is 1.73. The Labute approximate surface area is 54.4 Å². The van der Waals surface area contributed by atoms with Crippen LogP contribution in [0.4, 0.5) is 4.39 Å². The Morgan fingerprint density at radius 1 is 1.89 bits per heavy atom. The van der Waals surface area contributed by atoms with E-state index in [0.29, 0.717) is 12.6 Å². The van der Waals surface area contributed by atoms with Crippen molar-refractivity contribution in [3.8, 4) is 0 Å². The molecule has 1 aliphatic rings. The zero-order valence-electron chi connectivity index (χ0n) is 5.55. The zero-order valence-corrected chi connectivity index (χ0v) is 5.55. The first-order valence-corrected chi connectivity index (χ1v) is 3.16. The summed E-state index contributed by atoms with van der Waals surface area (Å²) in [7, 11) is 0. The van der Waals surface area contributed by atoms with Gasteiger partial charge in [0.1, 0.15) is 6.67 Å². The molecule has 0 radical (unpaired) electrons. The summed E-state index contributed by atoms with van der Waals surface area (Å²) in [4.78, 5) is 5.96. The maximum Gasteiger partial charge on any atom is 0.107 e. The molecule has 0 saturated carbocycles. The molecule has 1 heterocycles. The van der Waals surface area contributed by atoms with E-state index in [9.17, 15) is 4.39 Å². The van der Waals surface area contributed by atoms with Gasteiger partial charge in [-0.15, -0.1) is 0 Å². The normalized spacial score (nSPS) is 25.6. The highest BCUT2D eigenvalue weighted by molar-refractivity contribution is 5.57. The number of hydrogen-bond acceptors (Lipinski definition) is 2. The molecule has 0 aromatic carbocycles. The highest BCUT2D eigenvalue weighted by atomic mass is 19.1. The Hall–Kier alpha value is -0.600. The molecule has 0 bridgehead atoms. The van der Waals surface area contributed by atoms with Gasteiger partial charge in [-0.25, -0.2) is 4.39 Å². The molecule has 0 fully saturated rings. The molecule has 9 heavy (non-hydrogen) atoms. The van der Waals surface area contributed by atoms with Crippen LogP contribution < -0.4 is 0 Å². The van der Waals surface area contributed by atoms with E-state index in [0.717, 1.165) is 6.54 Å². The first kappa shape index (κ1) is 6.52. The van der Waals surface area contributed by atoms with Gasteiger partial charge in [-0.2, -0.15) is 0 Å². The van der Waals surface area contributed by atoms with Crippen molar-refractivity contribution in [3.63, 3.8) is 0 Å². The van der Waals surface area contributed by atoms with E-state index < -0.39 is 0 Å². The summed E-state index contributed by atoms with van der Waals surface area (Å²) >= 11 is 0. The van der Waals surface area contributed by atoms with Gasteiger partial charge in [0.25, 0.3) is 0 Å². The number of halogens is 1. The lowest BCUT2D eigenvalue weighted by atomic mass is 10.4. The Kier molecular flexibility index (Phi) is 2.03. The van der Waals surface area contributed by atoms with Crippen molar-refractivity contribution in [2.45, 2.75) is 13.0 Å². The van der Waals surface area contributed by atoms with E-state index in [-0.39, 0.29) is 6.67 Å². The molecule has 1 atom stereocenters. The molecule has 1 aliphatic heterocycles. The lowest BCUT2D eigenvalue weighted by Gasteiger charge is -2.10. The fourth-order valence-corrected chi connectivity index (χ4v) is 0.899. The molecular weight excluding hydrogens is 119 g/mol. The average Bonchev–Trinajstić information content (AvgIpc) is 2.17. The number of nitrogens with zero attached hydrogens (tertiary/aromatic N) is 2. The van der Waals surface area contributed by atoms with Crippen molar-refractivity contribution in [2.75, 3.05) is 19.8 Å². The standard InChI is InChI=1S/C6H11FN2/c1-6-4-9(3-2-7)5-8-6/h5-6H,2-4H2,1H3. The highest BCUT2D eigenvalue weighted by Crippen LogP contribution is 2.00. The Balaban J connectivity index is 2.24. The minimum absolute atomic E-state index is 0.279. The van der Waals surface area contributed by atoms with Gasteiger partial charge in [-0.1, -0.05) is 0 Å². The van der Waals surface area contributed by atoms with Gasteiger partial charge in [-0.3, -0.25) is 4.99 Å². The maximum absolute atomic E-state index is 11.7. The summed E-state index contributed by atoms with van der Waals surface area (Å²) < 4.78 is 11.7. The molecule has 0 saturated heterocycles. The fraction of sp³-hybridized carbons (Fsp3) is 0.833. The summed E-state index contributed by atoms with van der Waals surface area (Å²) in [5.41, 5.74) is 0. The van der Waals surface area contributed by atoms with Crippen LogP contribution in [0.2, 0.25) is 0 Å². The smallest absolute Gasteiger partial charge is 0.107 e. The van der Waals surface area contributed by atoms with Crippen LogP contribution in [0.15, 0.2) is 4.99 Å². The SMILES string of the molecule is CC1CN(CCF)C=N1. The van der Waals surface area contributed by atoms with Crippen LogP contribution in [0.3, 0.4) is 0 Å². The first-order valence-electron chi connectivity index (χ1n) is 3.16. The van der Waals surface area contributed by atoms with Gasteiger partial charge in [0.15, 0.2) is 0 Å². The van der Waals surface area contributed by atoms with Gasteiger partial charge < -0.3 is 4.90 Å². The molecule has 0 aliphatic carbocycles. The third kappa shape index (κ3) is 1.66. The Morgan fingerprint density at radius 2 is 2.67 bits per heavy atom. The number of hydrogen-bond donors (Lipinski definition) is 0. The molecule has 3 heteroatoms. The summed E-state index contributed by atoms with van der Waals surface area (Å²) in [6.45, 7) is 3.12. The second-order valence-corrected chi connectivity index (χ2v) is 2.30. The van der Waals surface area contributed by atoms with E-state index >= 15 is 0 Å². The van der Waals surface area contributed by atoms with Crippen molar-refractivity contribution in [1.29, 1.82) is 0 Å². The lowest BCUT2D eigenvalue weighted by Crippen LogP contribution is -2.24. The largest absolute Gasteiger partial charge is 0.358 e. The fourth-order valence-electron chi connectivity index (χ4n) is 0.899. The maximum atomic E-state index is 11.7. The van der Waals surface area contributed by atoms with Crippen LogP contribution in [-0.2, 0) is 0 Å². The third-order valence-corrected chi connectivity index (χ3v) is 1.35. The summed E-state index contributed by atoms with van der Waals surface area (Å²) in [6, 6.07) is 0.358. The van der Waals surface area contributed by atoms with Crippen molar-refractivity contribution < 1.29 is 4.39 Å². The van der Waals surface area contributed by atoms with E-state index in [4.69, 9.17) is 0 Å². The quantitative estimate of drug-likeness (QED) is 0.537. The van der Waals surface area contributed by atoms with E-state index in [2.05, 4.69) is 4.99 Å². The molecular formula is C6H11FN2. The Morgan fingerprint density at radius 3 is 3.11 bits per heavy atom. The molecule has 1 unspecified atom stereocenters. The third-order valence-electron chi connectivity index (χ3n) is 1.35. The van der Waals surface area contributed by atoms with Gasteiger partial charge >= 0.3 is 0 Å². The van der Waals surface area contributed by atoms with E-state index in [1.165, 1.54) is 0 Å². The van der Waals surface area contributed by atoms with Crippen molar-refractivity contribution in [3.05, 3.63) is 0 Å². The molecule has 52 valence electrons. The minimum Gasteiger partial charge on any atom is -0.358 e. The molecule has 0 aromatic rings. The van der Waals surface area contributed by atoms with Crippen LogP contribution in [0.25, 0.3) is 0 Å². The number of alkyl halides is 1. The van der Waals surface area contributed by atoms with Crippen LogP contribution in [0, 0.1) is 0 Å². The summed E-state index contributed by atoms with van der Waals surface area (Å²) in [5, 5.41) is 0. The first-order chi connectivity index (χ1) is 4.33. The zero-order chi connectivity index (χ0) is 6.69. The van der Waals surface area contributed by atoms with Crippen LogP contribution in [0.5, 0.6) is 0 Å². The summed E-state index contributed by atoms with van der Waals surface area (Å²) in [5.74, 6) is 0. The number of aliphatic imine (C=N–C) groups is 1. The second-order valence-electron chi connectivity index (χ2n) is 2.30. The Bertz CT molecular complexity index is 114. The minimum atomic E-state index is -0.279. The monoisotopic (exact) mass is 130 g/mol. The molecule has 2 nitrogen and oxygen atoms in total. The van der Waals surface area contributed by atoms with Gasteiger partial charge in [0.2, 0.25) is 0 Å². The molecule has 1 rings (SSSR count). The van der Waals surface area contributed by atoms with E-state index in [1.807, 2.05) is 11.8 Å². The average molecular weight is 130 g/mol. The second kappa shape index (κ2) is 2.80. The highest BCUT2D eigenvalue weighted by Gasteiger charge is 2.10. The van der Waals surface area contributed by atoms with E-state index in [1.54, 1.807) is 6.34 Å². The predicted molar refractivity (Wildman–Crippen MR) is 35.5 cm³/mol. The van der Waals surface area contributed by atoms with Crippen molar-refractivity contribution >= 4 is 6.34 Å². The molecule has 0 aromatic heterocycles.